The van der Waals surface area contributed by atoms with E-state index in [-0.39, 0.29) is 23.2 Å². The van der Waals surface area contributed by atoms with E-state index in [1.54, 1.807) is 4.90 Å². The molecule has 2 N–H and O–H groups in total. The van der Waals surface area contributed by atoms with Gasteiger partial charge in [0.1, 0.15) is 5.69 Å². The number of H-pyrrole nitrogens is 2. The van der Waals surface area contributed by atoms with Crippen molar-refractivity contribution in [2.75, 3.05) is 6.54 Å². The van der Waals surface area contributed by atoms with Crippen LogP contribution in [0, 0.1) is 0 Å². The quantitative estimate of drug-likeness (QED) is 0.845. The third-order valence-electron chi connectivity index (χ3n) is 3.52. The van der Waals surface area contributed by atoms with Crippen LogP contribution in [-0.4, -0.2) is 37.7 Å². The van der Waals surface area contributed by atoms with E-state index >= 15 is 0 Å². The van der Waals surface area contributed by atoms with Gasteiger partial charge in [-0.2, -0.15) is 4.98 Å². The van der Waals surface area contributed by atoms with Crippen molar-refractivity contribution in [3.05, 3.63) is 34.3 Å². The fourth-order valence-corrected chi connectivity index (χ4v) is 2.55. The Morgan fingerprint density at radius 2 is 2.25 bits per heavy atom. The van der Waals surface area contributed by atoms with Crippen molar-refractivity contribution in [1.29, 1.82) is 0 Å². The van der Waals surface area contributed by atoms with E-state index in [1.165, 1.54) is 12.5 Å². The number of nitrogens with zero attached hydrogens (tertiary/aromatic N) is 3. The van der Waals surface area contributed by atoms with E-state index in [0.29, 0.717) is 12.4 Å². The molecule has 1 aliphatic heterocycles. The second kappa shape index (κ2) is 5.32. The van der Waals surface area contributed by atoms with Crippen LogP contribution in [0.2, 0.25) is 0 Å². The maximum Gasteiger partial charge on any atom is 0.272 e. The fourth-order valence-electron chi connectivity index (χ4n) is 2.55. The number of carbonyl (C=O) groups excluding carboxylic acids is 1. The number of aromatic amines is 2. The molecule has 106 valence electrons. The molecule has 2 aromatic rings. The topological polar surface area (TPSA) is 108 Å². The molecule has 0 spiro atoms. The third-order valence-corrected chi connectivity index (χ3v) is 3.52. The van der Waals surface area contributed by atoms with Crippen LogP contribution in [-0.2, 0) is 0 Å². The van der Waals surface area contributed by atoms with Crippen LogP contribution in [0.5, 0.6) is 0 Å². The number of likely N-dealkylation sites (tertiary alicyclic amines) is 1. The molecule has 3 heterocycles. The molecular formula is C12H15N5O3. The summed E-state index contributed by atoms with van der Waals surface area (Å²) in [7, 11) is 0. The molecule has 20 heavy (non-hydrogen) atoms. The second-order valence-corrected chi connectivity index (χ2v) is 4.83. The summed E-state index contributed by atoms with van der Waals surface area (Å²) in [5.41, 5.74) is -0.0651. The highest BCUT2D eigenvalue weighted by molar-refractivity contribution is 5.92. The summed E-state index contributed by atoms with van der Waals surface area (Å²) in [5.74, 6) is 0.290. The van der Waals surface area contributed by atoms with Crippen molar-refractivity contribution in [1.82, 2.24) is 25.2 Å². The number of aromatic nitrogens is 4. The van der Waals surface area contributed by atoms with Crippen molar-refractivity contribution < 1.29 is 9.32 Å². The maximum atomic E-state index is 12.5. The molecule has 0 radical (unpaired) electrons. The second-order valence-electron chi connectivity index (χ2n) is 4.83. The lowest BCUT2D eigenvalue weighted by atomic mass is 10.1. The van der Waals surface area contributed by atoms with Gasteiger partial charge in [0.15, 0.2) is 5.82 Å². The van der Waals surface area contributed by atoms with Gasteiger partial charge in [0, 0.05) is 12.6 Å². The van der Waals surface area contributed by atoms with E-state index in [0.717, 1.165) is 25.7 Å². The minimum atomic E-state index is -0.320. The Morgan fingerprint density at radius 1 is 1.35 bits per heavy atom. The Labute approximate surface area is 114 Å². The summed E-state index contributed by atoms with van der Waals surface area (Å²) >= 11 is 0. The summed E-state index contributed by atoms with van der Waals surface area (Å²) in [6.45, 7) is 0.616. The largest absolute Gasteiger partial charge is 0.343 e. The monoisotopic (exact) mass is 277 g/mol. The summed E-state index contributed by atoms with van der Waals surface area (Å²) < 4.78 is 4.78. The summed E-state index contributed by atoms with van der Waals surface area (Å²) in [6.07, 6.45) is 5.05. The van der Waals surface area contributed by atoms with Crippen molar-refractivity contribution >= 4 is 5.91 Å². The molecule has 1 aliphatic rings. The number of rotatable bonds is 2. The van der Waals surface area contributed by atoms with Crippen molar-refractivity contribution in [2.24, 2.45) is 0 Å². The highest BCUT2D eigenvalue weighted by Gasteiger charge is 2.30. The van der Waals surface area contributed by atoms with Gasteiger partial charge in [-0.3, -0.25) is 19.8 Å². The van der Waals surface area contributed by atoms with Gasteiger partial charge in [-0.05, 0) is 12.8 Å². The molecule has 1 amide bonds. The Balaban J connectivity index is 1.90. The molecule has 1 unspecified atom stereocenters. The van der Waals surface area contributed by atoms with Crippen LogP contribution in [0.25, 0.3) is 0 Å². The molecule has 8 nitrogen and oxygen atoms in total. The Morgan fingerprint density at radius 3 is 2.95 bits per heavy atom. The normalized spacial score (nSPS) is 19.8. The summed E-state index contributed by atoms with van der Waals surface area (Å²) in [6, 6.07) is 1.06. The van der Waals surface area contributed by atoms with Crippen LogP contribution in [0.1, 0.15) is 48.0 Å². The first-order valence-electron chi connectivity index (χ1n) is 6.60. The molecule has 2 aromatic heterocycles. The Hall–Kier alpha value is -2.38. The minimum Gasteiger partial charge on any atom is -0.343 e. The molecule has 8 heteroatoms. The van der Waals surface area contributed by atoms with Crippen LogP contribution in [0.3, 0.4) is 0 Å². The van der Waals surface area contributed by atoms with E-state index in [1.807, 2.05) is 0 Å². The summed E-state index contributed by atoms with van der Waals surface area (Å²) in [4.78, 5) is 29.4. The highest BCUT2D eigenvalue weighted by atomic mass is 16.5. The lowest BCUT2D eigenvalue weighted by Gasteiger charge is -2.27. The minimum absolute atomic E-state index is 0.206. The number of hydrogen-bond acceptors (Lipinski definition) is 5. The zero-order chi connectivity index (χ0) is 13.9. The number of carbonyl (C=O) groups is 1. The first kappa shape index (κ1) is 12.6. The van der Waals surface area contributed by atoms with Gasteiger partial charge < -0.3 is 9.42 Å². The van der Waals surface area contributed by atoms with Crippen molar-refractivity contribution in [2.45, 2.75) is 31.7 Å². The van der Waals surface area contributed by atoms with Crippen LogP contribution < -0.4 is 5.56 Å². The first-order valence-corrected chi connectivity index (χ1v) is 6.60. The van der Waals surface area contributed by atoms with Gasteiger partial charge in [0.05, 0.1) is 6.04 Å². The van der Waals surface area contributed by atoms with Gasteiger partial charge in [-0.1, -0.05) is 18.0 Å². The smallest absolute Gasteiger partial charge is 0.272 e. The van der Waals surface area contributed by atoms with E-state index in [2.05, 4.69) is 20.3 Å². The van der Waals surface area contributed by atoms with Gasteiger partial charge in [-0.25, -0.2) is 0 Å². The van der Waals surface area contributed by atoms with Crippen molar-refractivity contribution in [3.63, 3.8) is 0 Å². The SMILES string of the molecule is O=C(c1cc(=O)[nH][nH]1)N1CCCCCC1c1ncon1. The lowest BCUT2D eigenvalue weighted by Crippen LogP contribution is -2.35. The number of amides is 1. The van der Waals surface area contributed by atoms with Gasteiger partial charge >= 0.3 is 0 Å². The zero-order valence-electron chi connectivity index (χ0n) is 10.8. The predicted octanol–water partition coefficient (Wildman–Crippen LogP) is 0.843. The van der Waals surface area contributed by atoms with Gasteiger partial charge in [0.25, 0.3) is 11.5 Å². The number of hydrogen-bond donors (Lipinski definition) is 2. The van der Waals surface area contributed by atoms with Crippen molar-refractivity contribution in [3.8, 4) is 0 Å². The molecule has 1 fully saturated rings. The Bertz CT molecular complexity index is 630. The molecule has 3 rings (SSSR count). The molecule has 0 saturated carbocycles. The van der Waals surface area contributed by atoms with Gasteiger partial charge in [0.2, 0.25) is 6.39 Å². The predicted molar refractivity (Wildman–Crippen MR) is 68.0 cm³/mol. The van der Waals surface area contributed by atoms with Crippen LogP contribution >= 0.6 is 0 Å². The fraction of sp³-hybridized carbons (Fsp3) is 0.500. The zero-order valence-corrected chi connectivity index (χ0v) is 10.8. The van der Waals surface area contributed by atoms with Crippen LogP contribution in [0.4, 0.5) is 0 Å². The molecular weight excluding hydrogens is 262 g/mol. The molecule has 0 aromatic carbocycles. The molecule has 0 bridgehead atoms. The Kier molecular flexibility index (Phi) is 3.36. The highest BCUT2D eigenvalue weighted by Crippen LogP contribution is 2.28. The molecule has 1 atom stereocenters. The molecule has 1 saturated heterocycles. The van der Waals surface area contributed by atoms with E-state index < -0.39 is 0 Å². The third kappa shape index (κ3) is 2.36. The number of nitrogens with one attached hydrogen (secondary N) is 2. The maximum absolute atomic E-state index is 12.5. The summed E-state index contributed by atoms with van der Waals surface area (Å²) in [5, 5.41) is 8.83. The van der Waals surface area contributed by atoms with Crippen LogP contribution in [0.15, 0.2) is 21.8 Å². The van der Waals surface area contributed by atoms with Gasteiger partial charge in [-0.15, -0.1) is 0 Å². The van der Waals surface area contributed by atoms with E-state index in [9.17, 15) is 9.59 Å². The average Bonchev–Trinajstić information content (AvgIpc) is 3.05. The lowest BCUT2D eigenvalue weighted by molar-refractivity contribution is 0.0664. The average molecular weight is 277 g/mol. The first-order chi connectivity index (χ1) is 9.75. The van der Waals surface area contributed by atoms with E-state index in [4.69, 9.17) is 4.52 Å². The molecule has 0 aliphatic carbocycles. The standard InChI is InChI=1S/C12H15N5O3/c18-10-6-8(14-15-10)12(19)17-5-3-1-2-4-9(17)11-13-7-20-16-11/h6-7,9H,1-5H2,(H2,14,15,18).